The number of nitrogens with two attached hydrogens (primary N) is 1. The van der Waals surface area contributed by atoms with Crippen molar-refractivity contribution in [2.75, 3.05) is 13.2 Å². The number of carboxylic acid groups (broad SMARTS) is 3. The zero-order valence-corrected chi connectivity index (χ0v) is 48.1. The normalized spacial score (nSPS) is 26.1. The van der Waals surface area contributed by atoms with Gasteiger partial charge in [-0.2, -0.15) is 0 Å². The average Bonchev–Trinajstić information content (AvgIpc) is 4.19. The van der Waals surface area contributed by atoms with Crippen LogP contribution in [0.4, 0.5) is 15.3 Å². The van der Waals surface area contributed by atoms with Crippen LogP contribution >= 0.6 is 0 Å². The van der Waals surface area contributed by atoms with Gasteiger partial charge in [0.2, 0.25) is 0 Å². The monoisotopic (exact) mass is 1180 g/mol. The maximum Gasteiger partial charge on any atom is 0.408 e. The molecule has 5 fully saturated rings. The number of nitrogens with one attached hydrogen (secondary N) is 2. The predicted octanol–water partition coefficient (Wildman–Crippen LogP) is 9.92. The number of esters is 1. The maximum absolute atomic E-state index is 13.5. The van der Waals surface area contributed by atoms with Gasteiger partial charge in [-0.1, -0.05) is 117 Å². The van der Waals surface area contributed by atoms with E-state index in [2.05, 4.69) is 59.3 Å². The van der Waals surface area contributed by atoms with E-state index >= 15 is 0 Å². The summed E-state index contributed by atoms with van der Waals surface area (Å²) >= 11 is 0. The minimum absolute atomic E-state index is 0. The number of hydrogen-bond donors (Lipinski definition) is 6. The zero-order chi connectivity index (χ0) is 59.4. The van der Waals surface area contributed by atoms with E-state index in [1.54, 1.807) is 72.8 Å². The number of likely N-dealkylation sites (tertiary alicyclic amines) is 1. The molecule has 4 aliphatic carbocycles. The first-order valence-electron chi connectivity index (χ1n) is 26.6. The Kier molecular flexibility index (Phi) is 24.0. The van der Waals surface area contributed by atoms with E-state index in [1.165, 1.54) is 11.6 Å². The standard InChI is InChI=1S/C31H31N3O3.C13H21NO4.C11H17NO4.C6H9NO2.CH4.Ni/c1-2-24-20-31(24,30(36)37)33-28(23-14-7-4-8-15-23)25-16-9-10-17-26(25)32-29(35)27-18-11-19-34(27)21-22-12-5-3-6-13-22;1-6-9-8-13(9,10(15)17-7-2)14-11(16)18-12(3,4)5;1-5-7-6-11(7,8(13)14)12-9(15)16-10(2,3)4;1-2-4-3-6(4,7)5(8)9;;/h2-10,12-17,24,27H,1,11,18-21H2,(H2,32,33,35,36,37);6,9H,1,7-8H2,2-5H3,(H,14,16);5,7H,1,6H2,2-4H3,(H,12,15)(H,13,14);2,4H,1,3,7H2,(H,8,9);1H4;/p-1/t24-,27?,31-;9-,13-;7-,11-;4?,6-;;/m1000../s1. The first-order valence-corrected chi connectivity index (χ1v) is 26.6. The van der Waals surface area contributed by atoms with Crippen LogP contribution in [0.15, 0.2) is 141 Å². The van der Waals surface area contributed by atoms with Crippen LogP contribution in [0.3, 0.4) is 0 Å². The molecular formula is C62H81N6NiO13-. The second-order valence-electron chi connectivity index (χ2n) is 22.4. The van der Waals surface area contributed by atoms with Gasteiger partial charge >= 0.3 is 36.1 Å². The number of hydrogen-bond acceptors (Lipinski definition) is 13. The molecule has 4 saturated carbocycles. The Morgan fingerprint density at radius 2 is 1.20 bits per heavy atom. The molecule has 9 atom stereocenters. The third kappa shape index (κ3) is 17.6. The van der Waals surface area contributed by atoms with Gasteiger partial charge in [0.15, 0.2) is 5.54 Å². The number of rotatable bonds is 18. The van der Waals surface area contributed by atoms with Gasteiger partial charge in [-0.3, -0.25) is 14.7 Å². The second-order valence-corrected chi connectivity index (χ2v) is 22.4. The third-order valence-electron chi connectivity index (χ3n) is 14.1. The maximum atomic E-state index is 13.5. The Morgan fingerprint density at radius 3 is 1.63 bits per heavy atom. The molecule has 3 aromatic rings. The molecule has 5 aliphatic rings. The molecule has 20 heteroatoms. The summed E-state index contributed by atoms with van der Waals surface area (Å²) in [6.45, 7) is 28.4. The fourth-order valence-electron chi connectivity index (χ4n) is 9.22. The molecule has 0 bridgehead atoms. The van der Waals surface area contributed by atoms with Crippen LogP contribution in [-0.4, -0.2) is 120 Å². The summed E-state index contributed by atoms with van der Waals surface area (Å²) < 4.78 is 15.1. The van der Waals surface area contributed by atoms with Crippen LogP contribution in [0, 0.1) is 23.7 Å². The largest absolute Gasteiger partial charge is 0.625 e. The van der Waals surface area contributed by atoms with E-state index in [1.807, 2.05) is 66.7 Å². The minimum Gasteiger partial charge on any atom is -0.625 e. The molecule has 1 heterocycles. The third-order valence-corrected chi connectivity index (χ3v) is 14.1. The van der Waals surface area contributed by atoms with E-state index < -0.39 is 69.4 Å². The summed E-state index contributed by atoms with van der Waals surface area (Å²) in [6, 6.07) is 26.7. The Bertz CT molecular complexity index is 2840. The molecule has 2 unspecified atom stereocenters. The van der Waals surface area contributed by atoms with Gasteiger partial charge in [-0.25, -0.2) is 24.0 Å². The first kappa shape index (κ1) is 68.9. The van der Waals surface area contributed by atoms with Crippen LogP contribution in [0.25, 0.3) is 5.32 Å². The molecule has 3 aromatic carbocycles. The van der Waals surface area contributed by atoms with Gasteiger partial charge in [0.1, 0.15) is 27.8 Å². The van der Waals surface area contributed by atoms with Gasteiger partial charge in [-0.05, 0) is 105 Å². The van der Waals surface area contributed by atoms with Crippen LogP contribution < -0.4 is 16.4 Å². The van der Waals surface area contributed by atoms with Crippen molar-refractivity contribution in [2.24, 2.45) is 34.4 Å². The Morgan fingerprint density at radius 1 is 0.695 bits per heavy atom. The quantitative estimate of drug-likeness (QED) is 0.0227. The molecule has 3 amide bonds. The molecule has 0 radical (unpaired) electrons. The van der Waals surface area contributed by atoms with E-state index in [9.17, 15) is 38.7 Å². The van der Waals surface area contributed by atoms with Crippen molar-refractivity contribution in [3.05, 3.63) is 158 Å². The molecule has 19 nitrogen and oxygen atoms in total. The summed E-state index contributed by atoms with van der Waals surface area (Å²) in [4.78, 5) is 89.0. The number of alkyl carbamates (subject to hydrolysis) is 2. The van der Waals surface area contributed by atoms with Gasteiger partial charge in [-0.15, -0.1) is 32.0 Å². The van der Waals surface area contributed by atoms with E-state index in [4.69, 9.17) is 35.1 Å². The van der Waals surface area contributed by atoms with Crippen LogP contribution in [0.1, 0.15) is 111 Å². The topological polar surface area (TPSA) is 288 Å². The van der Waals surface area contributed by atoms with Crippen LogP contribution in [0.5, 0.6) is 0 Å². The number of nitrogens with zero attached hydrogens (tertiary/aromatic N) is 3. The van der Waals surface area contributed by atoms with Crippen LogP contribution in [0.2, 0.25) is 0 Å². The van der Waals surface area contributed by atoms with Crippen molar-refractivity contribution in [1.82, 2.24) is 15.5 Å². The predicted molar refractivity (Wildman–Crippen MR) is 310 cm³/mol. The molecule has 1 saturated heterocycles. The Labute approximate surface area is 491 Å². The number of carbonyl (C=O) groups excluding carboxylic acids is 4. The Balaban J connectivity index is 0.000000327. The SMILES string of the molecule is C.C=CC1C[C@@]1(N)C(=O)O.C=C[C@@H]1C[C@]1(N=C(c1ccccc1)c1ccccc1[N-]C(=O)C1CCCN1Cc1ccccc1)C(=O)O.C=C[C@H]1C[C@@]1(NC(=O)OC(C)(C)C)C(=O)O.C=C[C@H]1C[C@@]1(NC(=O)OC(C)(C)C)C(=O)OCC.[Ni]. The van der Waals surface area contributed by atoms with Gasteiger partial charge in [0.05, 0.1) is 24.3 Å². The van der Waals surface area contributed by atoms with Crippen molar-refractivity contribution in [3.63, 3.8) is 0 Å². The summed E-state index contributed by atoms with van der Waals surface area (Å²) in [7, 11) is 0. The zero-order valence-electron chi connectivity index (χ0n) is 47.1. The van der Waals surface area contributed by atoms with Crippen molar-refractivity contribution >= 4 is 53.4 Å². The minimum atomic E-state index is -1.25. The summed E-state index contributed by atoms with van der Waals surface area (Å²) in [5, 5.41) is 37.1. The van der Waals surface area contributed by atoms with Crippen molar-refractivity contribution in [2.45, 2.75) is 140 Å². The number of ether oxygens (including phenoxy) is 3. The van der Waals surface area contributed by atoms with E-state index in [-0.39, 0.29) is 66.1 Å². The van der Waals surface area contributed by atoms with Gasteiger partial charge < -0.3 is 56.0 Å². The summed E-state index contributed by atoms with van der Waals surface area (Å²) in [5.41, 5.74) is 3.31. The second kappa shape index (κ2) is 28.5. The number of aliphatic carboxylic acids is 3. The molecule has 0 spiro atoms. The van der Waals surface area contributed by atoms with Crippen molar-refractivity contribution in [1.29, 1.82) is 0 Å². The summed E-state index contributed by atoms with van der Waals surface area (Å²) in [5.74, 6) is -4.14. The van der Waals surface area contributed by atoms with Crippen molar-refractivity contribution < 1.29 is 79.6 Å². The molecular weight excluding hydrogens is 1100 g/mol. The first-order chi connectivity index (χ1) is 37.6. The Hall–Kier alpha value is -7.41. The average molecular weight is 1180 g/mol. The number of aliphatic imine (C=N–C) groups is 1. The van der Waals surface area contributed by atoms with E-state index in [0.29, 0.717) is 49.2 Å². The number of carbonyl (C=O) groups is 7. The molecule has 7 N–H and O–H groups in total. The molecule has 82 heavy (non-hydrogen) atoms. The molecule has 8 rings (SSSR count). The number of benzene rings is 3. The fraction of sp³-hybridized carbons (Fsp3) is 0.452. The molecule has 448 valence electrons. The van der Waals surface area contributed by atoms with E-state index in [0.717, 1.165) is 24.9 Å². The number of carboxylic acids is 3. The summed E-state index contributed by atoms with van der Waals surface area (Å²) in [6.07, 6.45) is 8.62. The van der Waals surface area contributed by atoms with Crippen LogP contribution in [-0.2, 0) is 61.2 Å². The van der Waals surface area contributed by atoms with Gasteiger partial charge in [0, 0.05) is 52.3 Å². The number of amides is 3. The smallest absolute Gasteiger partial charge is 0.408 e. The number of para-hydroxylation sites is 1. The van der Waals surface area contributed by atoms with Gasteiger partial charge in [0.25, 0.3) is 0 Å². The molecule has 0 aromatic heterocycles. The molecule has 1 aliphatic heterocycles. The fourth-order valence-corrected chi connectivity index (χ4v) is 9.22. The van der Waals surface area contributed by atoms with Crippen molar-refractivity contribution in [3.8, 4) is 0 Å².